The van der Waals surface area contributed by atoms with Crippen LogP contribution in [0.4, 0.5) is 70.2 Å². The SMILES string of the molecule is O=S(=O)(NS(=O)(=O)C(F)(F)C(F)(F)C(F)(F)C(F)(F)F)C(F)(F)C(F)(F)C(F)(F)F.[H-].[K+]. The van der Waals surface area contributed by atoms with Crippen molar-refractivity contribution < 1.29 is 140 Å². The Morgan fingerprint density at radius 1 is 0.452 bits per heavy atom. The van der Waals surface area contributed by atoms with Crippen LogP contribution in [0, 0.1) is 0 Å². The van der Waals surface area contributed by atoms with E-state index < -0.39 is 64.8 Å². The van der Waals surface area contributed by atoms with Crippen LogP contribution < -0.4 is 55.5 Å². The quantitative estimate of drug-likeness (QED) is 0.358. The van der Waals surface area contributed by atoms with Gasteiger partial charge in [0.15, 0.2) is 0 Å². The van der Waals surface area contributed by atoms with Crippen LogP contribution in [0.25, 0.3) is 0 Å². The van der Waals surface area contributed by atoms with Gasteiger partial charge in [-0.05, 0) is 0 Å². The Bertz CT molecular complexity index is 879. The second-order valence-electron chi connectivity index (χ2n) is 4.84. The summed E-state index contributed by atoms with van der Waals surface area (Å²) >= 11 is 0. The Balaban J connectivity index is -0.00000420. The normalized spacial score (nSPS) is 16.1. The molecule has 0 unspecified atom stereocenters. The predicted octanol–water partition coefficient (Wildman–Crippen LogP) is 0.568. The van der Waals surface area contributed by atoms with Gasteiger partial charge in [0.1, 0.15) is 0 Å². The summed E-state index contributed by atoms with van der Waals surface area (Å²) in [6.45, 7) is 0. The van der Waals surface area contributed by atoms with Crippen molar-refractivity contribution in [3.63, 3.8) is 0 Å². The zero-order valence-electron chi connectivity index (χ0n) is 14.5. The minimum Gasteiger partial charge on any atom is -1.00 e. The smallest absolute Gasteiger partial charge is 1.00 e. The zero-order valence-corrected chi connectivity index (χ0v) is 18.3. The predicted molar refractivity (Wildman–Crippen MR) is 58.9 cm³/mol. The molecule has 0 fully saturated rings. The third kappa shape index (κ3) is 5.08. The number of halogens is 16. The second kappa shape index (κ2) is 8.55. The number of hydrogen-bond donors (Lipinski definition) is 1. The van der Waals surface area contributed by atoms with Gasteiger partial charge in [0, 0.05) is 0 Å². The van der Waals surface area contributed by atoms with Gasteiger partial charge in [0.2, 0.25) is 0 Å². The van der Waals surface area contributed by atoms with E-state index in [1.54, 1.807) is 0 Å². The van der Waals surface area contributed by atoms with Crippen LogP contribution in [0.2, 0.25) is 0 Å². The van der Waals surface area contributed by atoms with Crippen LogP contribution in [0.1, 0.15) is 1.43 Å². The molecule has 0 bridgehead atoms. The molecule has 0 rings (SSSR count). The molecule has 5 nitrogen and oxygen atoms in total. The van der Waals surface area contributed by atoms with E-state index in [0.29, 0.717) is 0 Å². The Morgan fingerprint density at radius 2 is 0.677 bits per heavy atom. The standard InChI is InChI=1S/C7HF16NO4S2.K.H/c8-1(9,4(14,15)16)2(10,11)6(20,21)29(25,26)24-30(27,28)7(22,23)3(12,13)5(17,18)19;;/h24H;;/q;+1;-1. The van der Waals surface area contributed by atoms with Crippen LogP contribution in [-0.4, -0.2) is 57.5 Å². The molecule has 0 aromatic rings. The van der Waals surface area contributed by atoms with Gasteiger partial charge in [-0.3, -0.25) is 0 Å². The molecule has 1 N–H and O–H groups in total. The first-order valence-corrected chi connectivity index (χ1v) is 8.72. The van der Waals surface area contributed by atoms with E-state index in [9.17, 15) is 87.1 Å². The molecule has 0 heterocycles. The van der Waals surface area contributed by atoms with E-state index in [2.05, 4.69) is 0 Å². The van der Waals surface area contributed by atoms with Gasteiger partial charge in [-0.2, -0.15) is 70.2 Å². The molecule has 31 heavy (non-hydrogen) atoms. The summed E-state index contributed by atoms with van der Waals surface area (Å²) in [4.78, 5) is 0. The van der Waals surface area contributed by atoms with Gasteiger partial charge in [-0.15, -0.1) is 0 Å². The van der Waals surface area contributed by atoms with Crippen LogP contribution in [0.3, 0.4) is 0 Å². The molecule has 0 spiro atoms. The minimum absolute atomic E-state index is 0. The first-order chi connectivity index (χ1) is 12.5. The third-order valence-electron chi connectivity index (χ3n) is 2.73. The molecule has 0 aliphatic heterocycles. The summed E-state index contributed by atoms with van der Waals surface area (Å²) in [6, 6.07) is 0. The molecule has 0 radical (unpaired) electrons. The summed E-state index contributed by atoms with van der Waals surface area (Å²) in [5, 5.41) is -15.8. The summed E-state index contributed by atoms with van der Waals surface area (Å²) in [5.74, 6) is -24.0. The topological polar surface area (TPSA) is 80.3 Å². The average Bonchev–Trinajstić information content (AvgIpc) is 2.42. The van der Waals surface area contributed by atoms with Crippen molar-refractivity contribution in [2.45, 2.75) is 40.6 Å². The van der Waals surface area contributed by atoms with E-state index >= 15 is 0 Å². The summed E-state index contributed by atoms with van der Waals surface area (Å²) < 4.78 is 241. The Kier molecular flexibility index (Phi) is 9.25. The van der Waals surface area contributed by atoms with E-state index in [0.717, 1.165) is 0 Å². The van der Waals surface area contributed by atoms with Crippen molar-refractivity contribution in [1.82, 2.24) is 4.13 Å². The summed E-state index contributed by atoms with van der Waals surface area (Å²) in [6.07, 6.45) is -15.2. The van der Waals surface area contributed by atoms with Crippen LogP contribution in [-0.2, 0) is 20.0 Å². The maximum Gasteiger partial charge on any atom is 1.00 e. The van der Waals surface area contributed by atoms with E-state index in [1.165, 1.54) is 0 Å². The number of nitrogens with one attached hydrogen (secondary N) is 1. The van der Waals surface area contributed by atoms with Crippen molar-refractivity contribution in [1.29, 1.82) is 0 Å². The largest absolute Gasteiger partial charge is 1.00 e. The third-order valence-corrected chi connectivity index (χ3v) is 6.35. The van der Waals surface area contributed by atoms with Gasteiger partial charge < -0.3 is 1.43 Å². The number of alkyl halides is 16. The van der Waals surface area contributed by atoms with Crippen molar-refractivity contribution >= 4 is 20.0 Å². The second-order valence-corrected chi connectivity index (χ2v) is 8.55. The Hall–Kier alpha value is 0.376. The number of sulfonamides is 2. The first-order valence-electron chi connectivity index (χ1n) is 5.76. The fraction of sp³-hybridized carbons (Fsp3) is 1.00. The number of rotatable bonds is 7. The molecular formula is C7H2F16KNO4S2. The maximum atomic E-state index is 13.2. The van der Waals surface area contributed by atoms with Crippen molar-refractivity contribution in [2.24, 2.45) is 0 Å². The van der Waals surface area contributed by atoms with Gasteiger partial charge in [-0.1, -0.05) is 4.13 Å². The molecular weight excluding hydrogens is 569 g/mol. The molecule has 0 aliphatic carbocycles. The Labute approximate surface area is 203 Å². The molecule has 0 aromatic heterocycles. The zero-order chi connectivity index (χ0) is 25.2. The summed E-state index contributed by atoms with van der Waals surface area (Å²) in [7, 11) is -16.9. The molecule has 0 aliphatic rings. The number of hydrogen-bond acceptors (Lipinski definition) is 4. The van der Waals surface area contributed by atoms with E-state index in [4.69, 9.17) is 0 Å². The molecule has 24 heteroatoms. The van der Waals surface area contributed by atoms with E-state index in [-0.39, 0.29) is 52.8 Å². The van der Waals surface area contributed by atoms with Crippen LogP contribution in [0.15, 0.2) is 0 Å². The van der Waals surface area contributed by atoms with Crippen LogP contribution >= 0.6 is 0 Å². The molecule has 0 atom stereocenters. The van der Waals surface area contributed by atoms with Crippen molar-refractivity contribution in [2.75, 3.05) is 0 Å². The monoisotopic (exact) mass is 571 g/mol. The van der Waals surface area contributed by atoms with Gasteiger partial charge >= 0.3 is 92.0 Å². The Morgan fingerprint density at radius 3 is 0.903 bits per heavy atom. The van der Waals surface area contributed by atoms with Crippen LogP contribution in [0.5, 0.6) is 0 Å². The van der Waals surface area contributed by atoms with E-state index in [1.807, 2.05) is 0 Å². The minimum atomic E-state index is -8.49. The molecule has 0 saturated heterocycles. The fourth-order valence-corrected chi connectivity index (χ4v) is 4.02. The van der Waals surface area contributed by atoms with Gasteiger partial charge in [0.25, 0.3) is 20.0 Å². The summed E-state index contributed by atoms with van der Waals surface area (Å²) in [5.41, 5.74) is 0. The molecule has 0 amide bonds. The van der Waals surface area contributed by atoms with Gasteiger partial charge in [0.05, 0.1) is 0 Å². The average molecular weight is 571 g/mol. The molecule has 0 saturated carbocycles. The fourth-order valence-electron chi connectivity index (χ4n) is 1.11. The van der Waals surface area contributed by atoms with Gasteiger partial charge in [-0.25, -0.2) is 16.8 Å². The van der Waals surface area contributed by atoms with Crippen molar-refractivity contribution in [3.05, 3.63) is 0 Å². The van der Waals surface area contributed by atoms with Crippen molar-refractivity contribution in [3.8, 4) is 0 Å². The first kappa shape index (κ1) is 33.5. The molecule has 0 aromatic carbocycles. The maximum absolute atomic E-state index is 13.2. The molecule has 184 valence electrons.